The number of hydrogen-bond acceptors (Lipinski definition) is 10. The predicted octanol–water partition coefficient (Wildman–Crippen LogP) is 2.40. The SMILES string of the molecule is CC(=O)O[C@@H]1[C@H](N)[C@@H](COC(=O)c2ccc(C)cc2)O[C@H]1n1cnc2c(NC(=O)c3ccccc3)ncnc21. The van der Waals surface area contributed by atoms with Crippen LogP contribution in [0.1, 0.15) is 39.4 Å². The fraction of sp³-hybridized carbons (Fsp3) is 0.259. The number of hydrogen-bond donors (Lipinski definition) is 2. The molecule has 0 radical (unpaired) electrons. The number of anilines is 1. The molecule has 0 unspecified atom stereocenters. The highest BCUT2D eigenvalue weighted by molar-refractivity contribution is 6.06. The number of carbonyl (C=O) groups is 3. The molecule has 4 atom stereocenters. The van der Waals surface area contributed by atoms with Crippen molar-refractivity contribution in [2.24, 2.45) is 5.73 Å². The van der Waals surface area contributed by atoms with Gasteiger partial charge in [-0.1, -0.05) is 35.9 Å². The summed E-state index contributed by atoms with van der Waals surface area (Å²) in [4.78, 5) is 49.9. The van der Waals surface area contributed by atoms with E-state index in [0.717, 1.165) is 5.56 Å². The minimum Gasteiger partial charge on any atom is -0.459 e. The fourth-order valence-corrected chi connectivity index (χ4v) is 4.28. The summed E-state index contributed by atoms with van der Waals surface area (Å²) >= 11 is 0. The molecule has 2 aromatic heterocycles. The molecule has 1 aliphatic heterocycles. The zero-order valence-corrected chi connectivity index (χ0v) is 21.2. The molecular formula is C27H26N6O6. The molecule has 12 nitrogen and oxygen atoms in total. The van der Waals surface area contributed by atoms with Gasteiger partial charge >= 0.3 is 11.9 Å². The third kappa shape index (κ3) is 5.47. The lowest BCUT2D eigenvalue weighted by molar-refractivity contribution is -0.152. The van der Waals surface area contributed by atoms with Gasteiger partial charge in [-0.25, -0.2) is 19.7 Å². The number of ether oxygens (including phenoxy) is 3. The van der Waals surface area contributed by atoms with E-state index in [4.69, 9.17) is 19.9 Å². The second-order valence-electron chi connectivity index (χ2n) is 9.05. The van der Waals surface area contributed by atoms with Crippen molar-refractivity contribution in [3.8, 4) is 0 Å². The largest absolute Gasteiger partial charge is 0.459 e. The van der Waals surface area contributed by atoms with Crippen molar-refractivity contribution >= 4 is 34.8 Å². The van der Waals surface area contributed by atoms with E-state index < -0.39 is 36.4 Å². The highest BCUT2D eigenvalue weighted by atomic mass is 16.6. The molecule has 39 heavy (non-hydrogen) atoms. The molecular weight excluding hydrogens is 504 g/mol. The standard InChI is InChI=1S/C27H26N6O6/c1-15-8-10-18(11-9-15)27(36)37-12-19-20(28)22(38-16(2)34)26(39-19)33-14-31-21-23(29-13-30-24(21)33)32-25(35)17-6-4-3-5-7-17/h3-11,13-14,19-20,22,26H,12,28H2,1-2H3,(H,29,30,32,35)/t19-,20-,22-,26-/m1/s1. The quantitative estimate of drug-likeness (QED) is 0.340. The summed E-state index contributed by atoms with van der Waals surface area (Å²) in [6.07, 6.45) is 0.0687. The van der Waals surface area contributed by atoms with Crippen LogP contribution in [-0.2, 0) is 19.0 Å². The minimum atomic E-state index is -0.930. The number of nitrogens with one attached hydrogen (secondary N) is 1. The van der Waals surface area contributed by atoms with Gasteiger partial charge in [-0.2, -0.15) is 0 Å². The second-order valence-corrected chi connectivity index (χ2v) is 9.05. The van der Waals surface area contributed by atoms with E-state index in [1.807, 2.05) is 25.1 Å². The Labute approximate surface area is 223 Å². The molecule has 0 aliphatic carbocycles. The monoisotopic (exact) mass is 530 g/mol. The van der Waals surface area contributed by atoms with Gasteiger partial charge in [0.15, 0.2) is 29.3 Å². The maximum absolute atomic E-state index is 12.7. The Morgan fingerprint density at radius 2 is 1.77 bits per heavy atom. The molecule has 12 heteroatoms. The fourth-order valence-electron chi connectivity index (χ4n) is 4.28. The van der Waals surface area contributed by atoms with Gasteiger partial charge in [-0.15, -0.1) is 0 Å². The number of amides is 1. The van der Waals surface area contributed by atoms with Crippen LogP contribution in [0, 0.1) is 6.92 Å². The summed E-state index contributed by atoms with van der Waals surface area (Å²) in [5.74, 6) is -1.26. The zero-order chi connectivity index (χ0) is 27.5. The van der Waals surface area contributed by atoms with Gasteiger partial charge in [0.1, 0.15) is 19.0 Å². The van der Waals surface area contributed by atoms with Crippen molar-refractivity contribution in [3.05, 3.63) is 83.9 Å². The number of rotatable bonds is 7. The average molecular weight is 531 g/mol. The maximum atomic E-state index is 12.7. The molecule has 1 aliphatic rings. The lowest BCUT2D eigenvalue weighted by Gasteiger charge is -2.21. The molecule has 3 N–H and O–H groups in total. The number of nitrogens with zero attached hydrogens (tertiary/aromatic N) is 4. The van der Waals surface area contributed by atoms with E-state index in [1.165, 1.54) is 19.6 Å². The van der Waals surface area contributed by atoms with Crippen molar-refractivity contribution in [3.63, 3.8) is 0 Å². The summed E-state index contributed by atoms with van der Waals surface area (Å²) in [6, 6.07) is 14.8. The first kappa shape index (κ1) is 25.9. The number of aromatic nitrogens is 4. The molecule has 2 aromatic carbocycles. The minimum absolute atomic E-state index is 0.165. The summed E-state index contributed by atoms with van der Waals surface area (Å²) in [7, 11) is 0. The van der Waals surface area contributed by atoms with Crippen molar-refractivity contribution in [1.82, 2.24) is 19.5 Å². The number of nitrogens with two attached hydrogens (primary N) is 1. The van der Waals surface area contributed by atoms with Crippen LogP contribution in [0.5, 0.6) is 0 Å². The molecule has 5 rings (SSSR count). The maximum Gasteiger partial charge on any atom is 0.338 e. The average Bonchev–Trinajstić information content (AvgIpc) is 3.49. The van der Waals surface area contributed by atoms with Crippen LogP contribution in [0.4, 0.5) is 5.82 Å². The second kappa shape index (κ2) is 11.0. The molecule has 1 amide bonds. The van der Waals surface area contributed by atoms with Crippen LogP contribution in [0.3, 0.4) is 0 Å². The van der Waals surface area contributed by atoms with Gasteiger partial charge in [-0.3, -0.25) is 14.2 Å². The number of imidazole rings is 1. The van der Waals surface area contributed by atoms with Crippen LogP contribution >= 0.6 is 0 Å². The highest BCUT2D eigenvalue weighted by Crippen LogP contribution is 2.34. The molecule has 1 fully saturated rings. The van der Waals surface area contributed by atoms with Crippen LogP contribution in [0.25, 0.3) is 11.2 Å². The van der Waals surface area contributed by atoms with Crippen molar-refractivity contribution in [2.45, 2.75) is 38.3 Å². The first-order chi connectivity index (χ1) is 18.8. The summed E-state index contributed by atoms with van der Waals surface area (Å²) in [5.41, 5.74) is 8.88. The van der Waals surface area contributed by atoms with Gasteiger partial charge in [0, 0.05) is 12.5 Å². The first-order valence-electron chi connectivity index (χ1n) is 12.2. The summed E-state index contributed by atoms with van der Waals surface area (Å²) in [5, 5.41) is 2.74. The zero-order valence-electron chi connectivity index (χ0n) is 21.2. The van der Waals surface area contributed by atoms with Crippen LogP contribution < -0.4 is 11.1 Å². The van der Waals surface area contributed by atoms with Crippen LogP contribution in [-0.4, -0.2) is 62.2 Å². The van der Waals surface area contributed by atoms with Gasteiger partial charge in [0.05, 0.1) is 17.9 Å². The first-order valence-corrected chi connectivity index (χ1v) is 12.2. The van der Waals surface area contributed by atoms with Crippen molar-refractivity contribution < 1.29 is 28.6 Å². The Balaban J connectivity index is 1.37. The molecule has 4 aromatic rings. The van der Waals surface area contributed by atoms with E-state index in [0.29, 0.717) is 22.3 Å². The van der Waals surface area contributed by atoms with Gasteiger partial charge < -0.3 is 25.3 Å². The Hall–Kier alpha value is -4.68. The normalized spacial score (nSPS) is 20.5. The number of fused-ring (bicyclic) bond motifs is 1. The molecule has 0 spiro atoms. The molecule has 200 valence electrons. The van der Waals surface area contributed by atoms with Crippen molar-refractivity contribution in [2.75, 3.05) is 11.9 Å². The number of carbonyl (C=O) groups excluding carboxylic acids is 3. The smallest absolute Gasteiger partial charge is 0.338 e. The third-order valence-corrected chi connectivity index (χ3v) is 6.27. The Bertz CT molecular complexity index is 1510. The van der Waals surface area contributed by atoms with Crippen molar-refractivity contribution in [1.29, 1.82) is 0 Å². The topological polar surface area (TPSA) is 161 Å². The summed E-state index contributed by atoms with van der Waals surface area (Å²) in [6.45, 7) is 3.02. The lowest BCUT2D eigenvalue weighted by atomic mass is 10.1. The number of esters is 2. The van der Waals surface area contributed by atoms with E-state index in [-0.39, 0.29) is 18.3 Å². The van der Waals surface area contributed by atoms with Gasteiger partial charge in [-0.05, 0) is 31.2 Å². The molecule has 1 saturated heterocycles. The lowest BCUT2D eigenvalue weighted by Crippen LogP contribution is -2.44. The molecule has 3 heterocycles. The Morgan fingerprint density at radius 3 is 2.49 bits per heavy atom. The highest BCUT2D eigenvalue weighted by Gasteiger charge is 2.47. The van der Waals surface area contributed by atoms with Crippen LogP contribution in [0.15, 0.2) is 67.3 Å². The van der Waals surface area contributed by atoms with Gasteiger partial charge in [0.25, 0.3) is 5.91 Å². The van der Waals surface area contributed by atoms with E-state index in [1.54, 1.807) is 41.0 Å². The Kier molecular flexibility index (Phi) is 7.30. The van der Waals surface area contributed by atoms with E-state index in [2.05, 4.69) is 20.3 Å². The summed E-state index contributed by atoms with van der Waals surface area (Å²) < 4.78 is 18.6. The van der Waals surface area contributed by atoms with E-state index >= 15 is 0 Å². The Morgan fingerprint density at radius 1 is 1.03 bits per heavy atom. The molecule has 0 saturated carbocycles. The molecule has 0 bridgehead atoms. The number of benzene rings is 2. The predicted molar refractivity (Wildman–Crippen MR) is 139 cm³/mol. The van der Waals surface area contributed by atoms with Crippen LogP contribution in [0.2, 0.25) is 0 Å². The van der Waals surface area contributed by atoms with Gasteiger partial charge in [0.2, 0.25) is 0 Å². The number of aryl methyl sites for hydroxylation is 1. The van der Waals surface area contributed by atoms with E-state index in [9.17, 15) is 14.4 Å². The third-order valence-electron chi connectivity index (χ3n) is 6.27.